The van der Waals surface area contributed by atoms with Gasteiger partial charge in [0.1, 0.15) is 0 Å². The SMILES string of the molecule is O=[N+]([O-])c1cccnc1N(Cc1cccs1)CC1CCCO1. The number of hydrogen-bond donors (Lipinski definition) is 0. The van der Waals surface area contributed by atoms with Crippen molar-refractivity contribution in [2.24, 2.45) is 0 Å². The molecule has 3 rings (SSSR count). The maximum absolute atomic E-state index is 11.3. The van der Waals surface area contributed by atoms with Crippen LogP contribution in [0.5, 0.6) is 0 Å². The summed E-state index contributed by atoms with van der Waals surface area (Å²) in [6.07, 6.45) is 3.74. The number of nitrogens with zero attached hydrogens (tertiary/aromatic N) is 3. The van der Waals surface area contributed by atoms with Crippen molar-refractivity contribution >= 4 is 22.8 Å². The van der Waals surface area contributed by atoms with E-state index in [2.05, 4.69) is 4.98 Å². The lowest BCUT2D eigenvalue weighted by atomic mass is 10.2. The quantitative estimate of drug-likeness (QED) is 0.604. The lowest BCUT2D eigenvalue weighted by Crippen LogP contribution is -2.32. The molecule has 7 heteroatoms. The number of nitro groups is 1. The van der Waals surface area contributed by atoms with Gasteiger partial charge in [0.05, 0.1) is 17.6 Å². The van der Waals surface area contributed by atoms with Crippen LogP contribution in [0.2, 0.25) is 0 Å². The summed E-state index contributed by atoms with van der Waals surface area (Å²) in [5.74, 6) is 0.413. The third-order valence-corrected chi connectivity index (χ3v) is 4.50. The van der Waals surface area contributed by atoms with Crippen LogP contribution in [0.15, 0.2) is 35.8 Å². The summed E-state index contributed by atoms with van der Waals surface area (Å²) in [6, 6.07) is 7.11. The van der Waals surface area contributed by atoms with Crippen molar-refractivity contribution < 1.29 is 9.66 Å². The number of thiophene rings is 1. The minimum absolute atomic E-state index is 0.0389. The second kappa shape index (κ2) is 6.85. The number of rotatable bonds is 6. The van der Waals surface area contributed by atoms with Crippen molar-refractivity contribution in [3.05, 3.63) is 50.8 Å². The molecule has 0 saturated carbocycles. The highest BCUT2D eigenvalue weighted by molar-refractivity contribution is 7.09. The Kier molecular flexibility index (Phi) is 4.65. The normalized spacial score (nSPS) is 17.5. The Labute approximate surface area is 132 Å². The zero-order valence-corrected chi connectivity index (χ0v) is 12.9. The van der Waals surface area contributed by atoms with Gasteiger partial charge in [0, 0.05) is 30.3 Å². The molecule has 1 atom stereocenters. The van der Waals surface area contributed by atoms with Crippen molar-refractivity contribution in [3.63, 3.8) is 0 Å². The maximum Gasteiger partial charge on any atom is 0.311 e. The van der Waals surface area contributed by atoms with E-state index in [-0.39, 0.29) is 16.7 Å². The van der Waals surface area contributed by atoms with Crippen molar-refractivity contribution in [1.82, 2.24) is 4.98 Å². The van der Waals surface area contributed by atoms with E-state index >= 15 is 0 Å². The van der Waals surface area contributed by atoms with Gasteiger partial charge < -0.3 is 9.64 Å². The molecule has 0 aliphatic carbocycles. The summed E-state index contributed by atoms with van der Waals surface area (Å²) in [5.41, 5.74) is 0.0389. The molecule has 0 amide bonds. The van der Waals surface area contributed by atoms with E-state index in [0.29, 0.717) is 18.9 Å². The first-order valence-corrected chi connectivity index (χ1v) is 8.10. The molecule has 0 bridgehead atoms. The molecule has 0 aromatic carbocycles. The third kappa shape index (κ3) is 3.42. The second-order valence-electron chi connectivity index (χ2n) is 5.20. The van der Waals surface area contributed by atoms with Crippen molar-refractivity contribution in [1.29, 1.82) is 0 Å². The van der Waals surface area contributed by atoms with Gasteiger partial charge in [-0.25, -0.2) is 4.98 Å². The monoisotopic (exact) mass is 319 g/mol. The van der Waals surface area contributed by atoms with Gasteiger partial charge in [0.25, 0.3) is 0 Å². The van der Waals surface area contributed by atoms with E-state index < -0.39 is 0 Å². The van der Waals surface area contributed by atoms with E-state index in [1.54, 1.807) is 23.6 Å². The van der Waals surface area contributed by atoms with Crippen LogP contribution >= 0.6 is 11.3 Å². The summed E-state index contributed by atoms with van der Waals surface area (Å²) in [6.45, 7) is 1.99. The Balaban J connectivity index is 1.88. The lowest BCUT2D eigenvalue weighted by Gasteiger charge is -2.25. The molecule has 1 unspecified atom stereocenters. The van der Waals surface area contributed by atoms with Crippen molar-refractivity contribution in [3.8, 4) is 0 Å². The summed E-state index contributed by atoms with van der Waals surface area (Å²) >= 11 is 1.64. The Bertz CT molecular complexity index is 627. The first-order chi connectivity index (χ1) is 10.7. The van der Waals surface area contributed by atoms with Crippen LogP contribution in [0.4, 0.5) is 11.5 Å². The predicted octanol–water partition coefficient (Wildman–Crippen LogP) is 3.24. The van der Waals surface area contributed by atoms with Gasteiger partial charge in [-0.15, -0.1) is 11.3 Å². The van der Waals surface area contributed by atoms with Gasteiger partial charge in [-0.05, 0) is 30.4 Å². The Morgan fingerprint density at radius 3 is 3.05 bits per heavy atom. The lowest BCUT2D eigenvalue weighted by molar-refractivity contribution is -0.384. The van der Waals surface area contributed by atoms with Gasteiger partial charge >= 0.3 is 5.69 Å². The number of anilines is 1. The van der Waals surface area contributed by atoms with Gasteiger partial charge in [-0.3, -0.25) is 10.1 Å². The molecular weight excluding hydrogens is 302 g/mol. The topological polar surface area (TPSA) is 68.5 Å². The largest absolute Gasteiger partial charge is 0.376 e. The van der Waals surface area contributed by atoms with Crippen LogP contribution in [0.3, 0.4) is 0 Å². The van der Waals surface area contributed by atoms with E-state index in [1.165, 1.54) is 6.07 Å². The Hall–Kier alpha value is -1.99. The van der Waals surface area contributed by atoms with Crippen LogP contribution in [0.1, 0.15) is 17.7 Å². The molecule has 116 valence electrons. The first kappa shape index (κ1) is 14.9. The van der Waals surface area contributed by atoms with Gasteiger partial charge in [-0.1, -0.05) is 6.07 Å². The molecule has 2 aromatic rings. The molecule has 0 N–H and O–H groups in total. The molecule has 3 heterocycles. The third-order valence-electron chi connectivity index (χ3n) is 3.64. The fourth-order valence-electron chi connectivity index (χ4n) is 2.63. The van der Waals surface area contributed by atoms with Crippen LogP contribution < -0.4 is 4.90 Å². The highest BCUT2D eigenvalue weighted by Crippen LogP contribution is 2.28. The molecule has 22 heavy (non-hydrogen) atoms. The average molecular weight is 319 g/mol. The van der Waals surface area contributed by atoms with Crippen molar-refractivity contribution in [2.75, 3.05) is 18.1 Å². The molecular formula is C15H17N3O3S. The second-order valence-corrected chi connectivity index (χ2v) is 6.23. The van der Waals surface area contributed by atoms with E-state index in [9.17, 15) is 10.1 Å². The highest BCUT2D eigenvalue weighted by Gasteiger charge is 2.25. The van der Waals surface area contributed by atoms with Gasteiger partial charge in [0.15, 0.2) is 0 Å². The molecule has 0 spiro atoms. The molecule has 0 radical (unpaired) electrons. The minimum atomic E-state index is -0.376. The molecule has 1 saturated heterocycles. The van der Waals surface area contributed by atoms with E-state index in [4.69, 9.17) is 4.74 Å². The molecule has 1 aliphatic rings. The van der Waals surface area contributed by atoms with Crippen LogP contribution in [0.25, 0.3) is 0 Å². The van der Waals surface area contributed by atoms with Crippen molar-refractivity contribution in [2.45, 2.75) is 25.5 Å². The Morgan fingerprint density at radius 2 is 2.36 bits per heavy atom. The fourth-order valence-corrected chi connectivity index (χ4v) is 3.34. The van der Waals surface area contributed by atoms with Gasteiger partial charge in [-0.2, -0.15) is 0 Å². The zero-order chi connectivity index (χ0) is 15.4. The molecule has 6 nitrogen and oxygen atoms in total. The number of hydrogen-bond acceptors (Lipinski definition) is 6. The maximum atomic E-state index is 11.3. The Morgan fingerprint density at radius 1 is 1.45 bits per heavy atom. The number of pyridine rings is 1. The smallest absolute Gasteiger partial charge is 0.311 e. The summed E-state index contributed by atoms with van der Waals surface area (Å²) in [5, 5.41) is 13.3. The molecule has 1 aliphatic heterocycles. The van der Waals surface area contributed by atoms with Crippen LogP contribution in [-0.4, -0.2) is 29.2 Å². The van der Waals surface area contributed by atoms with Crippen LogP contribution in [0, 0.1) is 10.1 Å². The van der Waals surface area contributed by atoms with E-state index in [1.807, 2.05) is 22.4 Å². The average Bonchev–Trinajstić information content (AvgIpc) is 3.20. The predicted molar refractivity (Wildman–Crippen MR) is 85.2 cm³/mol. The minimum Gasteiger partial charge on any atom is -0.376 e. The molecule has 2 aromatic heterocycles. The fraction of sp³-hybridized carbons (Fsp3) is 0.400. The number of aromatic nitrogens is 1. The highest BCUT2D eigenvalue weighted by atomic mass is 32.1. The van der Waals surface area contributed by atoms with Crippen LogP contribution in [-0.2, 0) is 11.3 Å². The standard InChI is InChI=1S/C15H17N3O3S/c19-18(20)14-6-1-7-16-15(14)17(10-12-4-2-8-21-12)11-13-5-3-9-22-13/h1,3,5-7,9,12H,2,4,8,10-11H2. The number of ether oxygens (including phenoxy) is 1. The molecule has 1 fully saturated rings. The summed E-state index contributed by atoms with van der Waals surface area (Å²) < 4.78 is 5.69. The van der Waals surface area contributed by atoms with Gasteiger partial charge in [0.2, 0.25) is 5.82 Å². The van der Waals surface area contributed by atoms with E-state index in [0.717, 1.165) is 24.3 Å². The first-order valence-electron chi connectivity index (χ1n) is 7.22. The summed E-state index contributed by atoms with van der Waals surface area (Å²) in [7, 11) is 0. The zero-order valence-electron chi connectivity index (χ0n) is 12.1. The summed E-state index contributed by atoms with van der Waals surface area (Å²) in [4.78, 5) is 18.3.